The second-order valence-corrected chi connectivity index (χ2v) is 8.00. The first-order valence-electron chi connectivity index (χ1n) is 9.92. The molecule has 0 radical (unpaired) electrons. The number of halogens is 1. The third-order valence-corrected chi connectivity index (χ3v) is 5.83. The van der Waals surface area contributed by atoms with Crippen LogP contribution in [-0.4, -0.2) is 29.9 Å². The van der Waals surface area contributed by atoms with Gasteiger partial charge < -0.3 is 14.8 Å². The molecule has 0 fully saturated rings. The molecule has 2 heterocycles. The van der Waals surface area contributed by atoms with Crippen LogP contribution < -0.4 is 14.8 Å². The van der Waals surface area contributed by atoms with E-state index in [2.05, 4.69) is 10.4 Å². The quantitative estimate of drug-likeness (QED) is 0.420. The summed E-state index contributed by atoms with van der Waals surface area (Å²) in [5, 5.41) is 9.54. The van der Waals surface area contributed by atoms with E-state index >= 15 is 0 Å². The average molecular weight is 452 g/mol. The number of ether oxygens (including phenoxy) is 2. The molecule has 0 unspecified atom stereocenters. The van der Waals surface area contributed by atoms with Crippen LogP contribution in [0.5, 0.6) is 11.5 Å². The number of carbonyl (C=O) groups excluding carboxylic acids is 1. The number of methoxy groups -OCH3 is 2. The normalized spacial score (nSPS) is 10.7. The maximum absolute atomic E-state index is 13.3. The number of benzene rings is 2. The van der Waals surface area contributed by atoms with Crippen LogP contribution in [0.4, 0.5) is 4.39 Å². The first-order chi connectivity index (χ1) is 15.6. The highest BCUT2D eigenvalue weighted by Crippen LogP contribution is 2.28. The summed E-state index contributed by atoms with van der Waals surface area (Å²) in [7, 11) is 3.15. The number of carbonyl (C=O) groups is 1. The first-order valence-corrected chi connectivity index (χ1v) is 10.8. The minimum Gasteiger partial charge on any atom is -0.493 e. The summed E-state index contributed by atoms with van der Waals surface area (Å²) in [5.41, 5.74) is 2.87. The van der Waals surface area contributed by atoms with E-state index in [1.165, 1.54) is 12.1 Å². The SMILES string of the molecule is COc1ccc(CNC(=O)c2cc(-c3cccs3)nn2Cc2ccc(F)cc2)cc1OC. The second-order valence-electron chi connectivity index (χ2n) is 7.05. The molecule has 0 spiro atoms. The molecule has 0 aliphatic carbocycles. The van der Waals surface area contributed by atoms with Crippen LogP contribution in [0.2, 0.25) is 0 Å². The minimum atomic E-state index is -0.304. The number of nitrogens with one attached hydrogen (secondary N) is 1. The van der Waals surface area contributed by atoms with Crippen molar-refractivity contribution in [1.82, 2.24) is 15.1 Å². The van der Waals surface area contributed by atoms with Gasteiger partial charge in [-0.05, 0) is 52.9 Å². The molecule has 0 aliphatic rings. The Morgan fingerprint density at radius 1 is 1.03 bits per heavy atom. The van der Waals surface area contributed by atoms with Gasteiger partial charge in [0, 0.05) is 6.54 Å². The lowest BCUT2D eigenvalue weighted by molar-refractivity contribution is 0.0940. The van der Waals surface area contributed by atoms with Crippen LogP contribution in [0.1, 0.15) is 21.6 Å². The summed E-state index contributed by atoms with van der Waals surface area (Å²) in [6, 6.07) is 17.3. The molecule has 0 saturated heterocycles. The molecule has 0 bridgehead atoms. The molecule has 0 saturated carbocycles. The molecule has 1 amide bonds. The highest BCUT2D eigenvalue weighted by molar-refractivity contribution is 7.13. The molecule has 0 aliphatic heterocycles. The van der Waals surface area contributed by atoms with Crippen molar-refractivity contribution in [1.29, 1.82) is 0 Å². The molecule has 6 nitrogen and oxygen atoms in total. The molecule has 2 aromatic heterocycles. The highest BCUT2D eigenvalue weighted by atomic mass is 32.1. The summed E-state index contributed by atoms with van der Waals surface area (Å²) in [6.45, 7) is 0.667. The van der Waals surface area contributed by atoms with Crippen molar-refractivity contribution < 1.29 is 18.7 Å². The Kier molecular flexibility index (Phi) is 6.51. The lowest BCUT2D eigenvalue weighted by Gasteiger charge is -2.11. The van der Waals surface area contributed by atoms with Gasteiger partial charge in [0.2, 0.25) is 0 Å². The number of amides is 1. The maximum Gasteiger partial charge on any atom is 0.269 e. The van der Waals surface area contributed by atoms with Gasteiger partial charge in [-0.2, -0.15) is 5.10 Å². The van der Waals surface area contributed by atoms with Crippen LogP contribution in [-0.2, 0) is 13.1 Å². The van der Waals surface area contributed by atoms with Gasteiger partial charge in [-0.15, -0.1) is 11.3 Å². The van der Waals surface area contributed by atoms with Gasteiger partial charge in [0.05, 0.1) is 25.6 Å². The molecule has 2 aromatic carbocycles. The zero-order chi connectivity index (χ0) is 22.5. The van der Waals surface area contributed by atoms with Crippen LogP contribution >= 0.6 is 11.3 Å². The van der Waals surface area contributed by atoms with Gasteiger partial charge in [0.1, 0.15) is 17.2 Å². The van der Waals surface area contributed by atoms with Crippen LogP contribution in [0.3, 0.4) is 0 Å². The Morgan fingerprint density at radius 3 is 2.47 bits per heavy atom. The van der Waals surface area contributed by atoms with E-state index in [0.717, 1.165) is 21.7 Å². The van der Waals surface area contributed by atoms with Gasteiger partial charge in [0.25, 0.3) is 5.91 Å². The van der Waals surface area contributed by atoms with Crippen molar-refractivity contribution in [2.24, 2.45) is 0 Å². The van der Waals surface area contributed by atoms with Crippen molar-refractivity contribution in [2.45, 2.75) is 13.1 Å². The summed E-state index contributed by atoms with van der Waals surface area (Å²) in [5.74, 6) is 0.666. The molecule has 4 rings (SSSR count). The van der Waals surface area contributed by atoms with Gasteiger partial charge in [-0.3, -0.25) is 9.48 Å². The Bertz CT molecular complexity index is 1200. The second kappa shape index (κ2) is 9.65. The Balaban J connectivity index is 1.56. The summed E-state index contributed by atoms with van der Waals surface area (Å²) < 4.78 is 25.5. The fourth-order valence-electron chi connectivity index (χ4n) is 3.29. The lowest BCUT2D eigenvalue weighted by Crippen LogP contribution is -2.26. The number of aromatic nitrogens is 2. The van der Waals surface area contributed by atoms with E-state index in [1.807, 2.05) is 29.6 Å². The standard InChI is InChI=1S/C24H22FN3O3S/c1-30-21-10-7-17(12-22(21)31-2)14-26-24(29)20-13-19(23-4-3-11-32-23)27-28(20)15-16-5-8-18(25)9-6-16/h3-13H,14-15H2,1-2H3,(H,26,29). The number of thiophene rings is 1. The van der Waals surface area contributed by atoms with Crippen molar-refractivity contribution in [3.8, 4) is 22.1 Å². The number of nitrogens with zero attached hydrogens (tertiary/aromatic N) is 2. The summed E-state index contributed by atoms with van der Waals surface area (Å²) in [6.07, 6.45) is 0. The molecule has 1 N–H and O–H groups in total. The Hall–Kier alpha value is -3.65. The Morgan fingerprint density at radius 2 is 1.78 bits per heavy atom. The largest absolute Gasteiger partial charge is 0.493 e. The molecule has 32 heavy (non-hydrogen) atoms. The smallest absolute Gasteiger partial charge is 0.269 e. The monoisotopic (exact) mass is 451 g/mol. The average Bonchev–Trinajstić information content (AvgIpc) is 3.49. The van der Waals surface area contributed by atoms with Crippen LogP contribution in [0.25, 0.3) is 10.6 Å². The molecular formula is C24H22FN3O3S. The zero-order valence-electron chi connectivity index (χ0n) is 17.7. The maximum atomic E-state index is 13.3. The van der Waals surface area contributed by atoms with Crippen molar-refractivity contribution >= 4 is 17.2 Å². The van der Waals surface area contributed by atoms with Crippen molar-refractivity contribution in [3.05, 3.63) is 88.7 Å². The minimum absolute atomic E-state index is 0.253. The first kappa shape index (κ1) is 21.6. The van der Waals surface area contributed by atoms with E-state index < -0.39 is 0 Å². The van der Waals surface area contributed by atoms with Crippen LogP contribution in [0.15, 0.2) is 66.0 Å². The van der Waals surface area contributed by atoms with Gasteiger partial charge >= 0.3 is 0 Å². The number of hydrogen-bond donors (Lipinski definition) is 1. The fraction of sp³-hybridized carbons (Fsp3) is 0.167. The van der Waals surface area contributed by atoms with E-state index in [-0.39, 0.29) is 11.7 Å². The van der Waals surface area contributed by atoms with Crippen molar-refractivity contribution in [2.75, 3.05) is 14.2 Å². The zero-order valence-corrected chi connectivity index (χ0v) is 18.5. The van der Waals surface area contributed by atoms with Gasteiger partial charge in [-0.25, -0.2) is 4.39 Å². The van der Waals surface area contributed by atoms with E-state index in [4.69, 9.17) is 9.47 Å². The van der Waals surface area contributed by atoms with Crippen LogP contribution in [0, 0.1) is 5.82 Å². The molecular weight excluding hydrogens is 429 g/mol. The Labute approximate surface area is 189 Å². The lowest BCUT2D eigenvalue weighted by atomic mass is 10.2. The molecule has 0 atom stereocenters. The van der Waals surface area contributed by atoms with Gasteiger partial charge in [0.15, 0.2) is 11.5 Å². The van der Waals surface area contributed by atoms with Crippen molar-refractivity contribution in [3.63, 3.8) is 0 Å². The fourth-order valence-corrected chi connectivity index (χ4v) is 3.97. The predicted molar refractivity (Wildman–Crippen MR) is 122 cm³/mol. The summed E-state index contributed by atoms with van der Waals surface area (Å²) in [4.78, 5) is 14.0. The highest BCUT2D eigenvalue weighted by Gasteiger charge is 2.17. The molecule has 8 heteroatoms. The van der Waals surface area contributed by atoms with Gasteiger partial charge in [-0.1, -0.05) is 24.3 Å². The molecule has 164 valence electrons. The van der Waals surface area contributed by atoms with E-state index in [9.17, 15) is 9.18 Å². The summed E-state index contributed by atoms with van der Waals surface area (Å²) >= 11 is 1.55. The van der Waals surface area contributed by atoms with E-state index in [1.54, 1.807) is 54.5 Å². The topological polar surface area (TPSA) is 65.4 Å². The molecule has 4 aromatic rings. The van der Waals surface area contributed by atoms with E-state index in [0.29, 0.717) is 30.3 Å². The number of rotatable bonds is 8. The predicted octanol–water partition coefficient (Wildman–Crippen LogP) is 4.75. The third kappa shape index (κ3) is 4.81. The number of hydrogen-bond acceptors (Lipinski definition) is 5. The third-order valence-electron chi connectivity index (χ3n) is 4.93.